The van der Waals surface area contributed by atoms with Crippen molar-refractivity contribution in [2.24, 2.45) is 0 Å². The van der Waals surface area contributed by atoms with E-state index in [1.165, 1.54) is 6.07 Å². The molecular weight excluding hydrogens is 415 g/mol. The number of hydrogen-bond acceptors (Lipinski definition) is 3. The smallest absolute Gasteiger partial charge is 0.336 e. The molecule has 150 valence electrons. The van der Waals surface area contributed by atoms with E-state index in [9.17, 15) is 22.8 Å². The highest BCUT2D eigenvalue weighted by Gasteiger charge is 2.35. The van der Waals surface area contributed by atoms with Gasteiger partial charge in [-0.25, -0.2) is 4.79 Å². The van der Waals surface area contributed by atoms with Crippen LogP contribution in [0.2, 0.25) is 5.02 Å². The fraction of sp³-hybridized carbons (Fsp3) is 0.444. The number of thiophene rings is 1. The largest absolute Gasteiger partial charge is 0.416 e. The summed E-state index contributed by atoms with van der Waals surface area (Å²) in [5.41, 5.74) is -0.769. The Kier molecular flexibility index (Phi) is 4.91. The number of nitrogens with one attached hydrogen (secondary N) is 1. The Bertz CT molecular complexity index is 946. The Labute approximate surface area is 168 Å². The topological polar surface area (TPSA) is 52.7 Å². The third-order valence-electron chi connectivity index (χ3n) is 5.17. The highest BCUT2D eigenvalue weighted by Crippen LogP contribution is 2.40. The van der Waals surface area contributed by atoms with Crippen LogP contribution in [0, 0.1) is 0 Å². The van der Waals surface area contributed by atoms with E-state index < -0.39 is 11.7 Å². The van der Waals surface area contributed by atoms with Crippen LogP contribution in [0.1, 0.15) is 28.1 Å². The van der Waals surface area contributed by atoms with Crippen LogP contribution in [0.25, 0.3) is 10.1 Å². The number of carbonyl (C=O) groups excluding carboxylic acids is 2. The van der Waals surface area contributed by atoms with E-state index in [4.69, 9.17) is 11.6 Å². The second kappa shape index (κ2) is 7.11. The van der Waals surface area contributed by atoms with E-state index in [0.29, 0.717) is 36.3 Å². The predicted octanol–water partition coefficient (Wildman–Crippen LogP) is 4.20. The quantitative estimate of drug-likeness (QED) is 0.774. The van der Waals surface area contributed by atoms with Gasteiger partial charge in [-0.05, 0) is 25.0 Å². The zero-order valence-electron chi connectivity index (χ0n) is 14.7. The average Bonchev–Trinajstić information content (AvgIpc) is 3.23. The van der Waals surface area contributed by atoms with Crippen LogP contribution in [0.5, 0.6) is 0 Å². The van der Waals surface area contributed by atoms with E-state index in [1.54, 1.807) is 9.80 Å². The molecule has 3 amide bonds. The number of likely N-dealkylation sites (tertiary alicyclic amines) is 1. The summed E-state index contributed by atoms with van der Waals surface area (Å²) in [6.07, 6.45) is -2.89. The lowest BCUT2D eigenvalue weighted by molar-refractivity contribution is -0.137. The molecule has 2 aliphatic rings. The molecule has 28 heavy (non-hydrogen) atoms. The molecule has 0 spiro atoms. The third kappa shape index (κ3) is 3.41. The SMILES string of the molecule is O=C(c1sc2cc(C(F)(F)F)ccc2c1Cl)N1CCCC(N2CCNC2=O)C1. The summed E-state index contributed by atoms with van der Waals surface area (Å²) in [6.45, 7) is 2.12. The van der Waals surface area contributed by atoms with Crippen molar-refractivity contribution in [3.63, 3.8) is 0 Å². The number of hydrogen-bond donors (Lipinski definition) is 1. The minimum Gasteiger partial charge on any atom is -0.336 e. The molecule has 0 aliphatic carbocycles. The Morgan fingerprint density at radius 1 is 1.29 bits per heavy atom. The standard InChI is InChI=1S/C18H17ClF3N3O2S/c19-14-12-4-3-10(18(20,21)22)8-13(12)28-15(14)16(26)24-6-1-2-11(9-24)25-7-5-23-17(25)27/h3-4,8,11H,1-2,5-7,9H2,(H,23,27). The summed E-state index contributed by atoms with van der Waals surface area (Å²) in [5, 5.41) is 3.38. The molecule has 4 rings (SSSR count). The summed E-state index contributed by atoms with van der Waals surface area (Å²) in [4.78, 5) is 28.5. The van der Waals surface area contributed by atoms with Crippen molar-refractivity contribution in [1.82, 2.24) is 15.1 Å². The molecule has 1 atom stereocenters. The van der Waals surface area contributed by atoms with Gasteiger partial charge in [-0.2, -0.15) is 13.2 Å². The van der Waals surface area contributed by atoms with E-state index in [1.807, 2.05) is 0 Å². The first kappa shape index (κ1) is 19.3. The first-order valence-corrected chi connectivity index (χ1v) is 10.1. The molecule has 0 bridgehead atoms. The van der Waals surface area contributed by atoms with Gasteiger partial charge in [0.1, 0.15) is 4.88 Å². The van der Waals surface area contributed by atoms with Gasteiger partial charge in [0.25, 0.3) is 5.91 Å². The molecule has 10 heteroatoms. The van der Waals surface area contributed by atoms with Crippen LogP contribution in [0.15, 0.2) is 18.2 Å². The van der Waals surface area contributed by atoms with Gasteiger partial charge in [0.05, 0.1) is 16.6 Å². The highest BCUT2D eigenvalue weighted by atomic mass is 35.5. The van der Waals surface area contributed by atoms with Gasteiger partial charge in [-0.15, -0.1) is 11.3 Å². The molecule has 0 radical (unpaired) electrons. The molecule has 1 aromatic heterocycles. The average molecular weight is 432 g/mol. The molecule has 2 fully saturated rings. The van der Waals surface area contributed by atoms with E-state index in [-0.39, 0.29) is 27.9 Å². The molecule has 2 saturated heterocycles. The molecule has 5 nitrogen and oxygen atoms in total. The zero-order chi connectivity index (χ0) is 20.1. The number of carbonyl (C=O) groups is 2. The summed E-state index contributed by atoms with van der Waals surface area (Å²) < 4.78 is 39.2. The molecule has 1 aromatic carbocycles. The van der Waals surface area contributed by atoms with E-state index in [0.717, 1.165) is 36.3 Å². The molecule has 1 unspecified atom stereocenters. The minimum absolute atomic E-state index is 0.0646. The number of fused-ring (bicyclic) bond motifs is 1. The Morgan fingerprint density at radius 2 is 2.07 bits per heavy atom. The van der Waals surface area contributed by atoms with Crippen molar-refractivity contribution in [3.8, 4) is 0 Å². The van der Waals surface area contributed by atoms with Gasteiger partial charge < -0.3 is 15.1 Å². The Morgan fingerprint density at radius 3 is 2.75 bits per heavy atom. The number of halogens is 4. The van der Waals surface area contributed by atoms with Crippen LogP contribution in [0.4, 0.5) is 18.0 Å². The maximum absolute atomic E-state index is 13.0. The number of piperidine rings is 1. The zero-order valence-corrected chi connectivity index (χ0v) is 16.3. The molecule has 1 N–H and O–H groups in total. The summed E-state index contributed by atoms with van der Waals surface area (Å²) in [5.74, 6) is -0.302. The normalized spacial score (nSPS) is 20.7. The van der Waals surface area contributed by atoms with E-state index >= 15 is 0 Å². The molecule has 3 heterocycles. The Balaban J connectivity index is 1.59. The highest BCUT2D eigenvalue weighted by molar-refractivity contribution is 7.21. The first-order valence-electron chi connectivity index (χ1n) is 8.88. The number of urea groups is 1. The number of nitrogens with zero attached hydrogens (tertiary/aromatic N) is 2. The van der Waals surface area contributed by atoms with Gasteiger partial charge in [0, 0.05) is 36.3 Å². The van der Waals surface area contributed by atoms with E-state index in [2.05, 4.69) is 5.32 Å². The summed E-state index contributed by atoms with van der Waals surface area (Å²) in [7, 11) is 0. The molecule has 0 saturated carbocycles. The minimum atomic E-state index is -4.45. The lowest BCUT2D eigenvalue weighted by Gasteiger charge is -2.36. The van der Waals surface area contributed by atoms with Crippen LogP contribution in [0.3, 0.4) is 0 Å². The van der Waals surface area contributed by atoms with Crippen LogP contribution < -0.4 is 5.32 Å². The lowest BCUT2D eigenvalue weighted by Crippen LogP contribution is -2.50. The second-order valence-electron chi connectivity index (χ2n) is 6.93. The fourth-order valence-electron chi connectivity index (χ4n) is 3.75. The van der Waals surface area contributed by atoms with Gasteiger partial charge in [-0.3, -0.25) is 4.79 Å². The van der Waals surface area contributed by atoms with Crippen molar-refractivity contribution in [2.45, 2.75) is 25.1 Å². The van der Waals surface area contributed by atoms with Crippen molar-refractivity contribution in [2.75, 3.05) is 26.2 Å². The molecular formula is C18H17ClF3N3O2S. The summed E-state index contributed by atoms with van der Waals surface area (Å²) in [6, 6.07) is 3.11. The summed E-state index contributed by atoms with van der Waals surface area (Å²) >= 11 is 7.31. The van der Waals surface area contributed by atoms with Gasteiger partial charge >= 0.3 is 12.2 Å². The molecule has 2 aliphatic heterocycles. The van der Waals surface area contributed by atoms with Gasteiger partial charge in [0.15, 0.2) is 0 Å². The number of rotatable bonds is 2. The maximum Gasteiger partial charge on any atom is 0.416 e. The van der Waals surface area contributed by atoms with Crippen molar-refractivity contribution >= 4 is 45.0 Å². The van der Waals surface area contributed by atoms with Crippen molar-refractivity contribution < 1.29 is 22.8 Å². The van der Waals surface area contributed by atoms with Gasteiger partial charge in [0.2, 0.25) is 0 Å². The number of alkyl halides is 3. The third-order valence-corrected chi connectivity index (χ3v) is 6.81. The monoisotopic (exact) mass is 431 g/mol. The fourth-order valence-corrected chi connectivity index (χ4v) is 5.27. The van der Waals surface area contributed by atoms with Gasteiger partial charge in [-0.1, -0.05) is 17.7 Å². The predicted molar refractivity (Wildman–Crippen MR) is 101 cm³/mol. The first-order chi connectivity index (χ1) is 13.3. The molecule has 2 aromatic rings. The number of benzene rings is 1. The van der Waals surface area contributed by atoms with Crippen LogP contribution in [-0.2, 0) is 6.18 Å². The van der Waals surface area contributed by atoms with Crippen molar-refractivity contribution in [3.05, 3.63) is 33.7 Å². The van der Waals surface area contributed by atoms with Crippen molar-refractivity contribution in [1.29, 1.82) is 0 Å². The van der Waals surface area contributed by atoms with Crippen LogP contribution in [-0.4, -0.2) is 54.0 Å². The lowest BCUT2D eigenvalue weighted by atomic mass is 10.0. The maximum atomic E-state index is 13.0. The number of amides is 3. The Hall–Kier alpha value is -2.00. The van der Waals surface area contributed by atoms with Crippen LogP contribution >= 0.6 is 22.9 Å². The second-order valence-corrected chi connectivity index (χ2v) is 8.36.